The third kappa shape index (κ3) is 2.61. The molecule has 0 aliphatic rings. The predicted octanol–water partition coefficient (Wildman–Crippen LogP) is 2.41. The number of hydrogen-bond acceptors (Lipinski definition) is 2. The third-order valence-corrected chi connectivity index (χ3v) is 2.23. The number of carbonyl (C=O) groups is 1. The van der Waals surface area contributed by atoms with Gasteiger partial charge in [0.25, 0.3) is 0 Å². The van der Waals surface area contributed by atoms with E-state index in [0.717, 1.165) is 5.56 Å². The van der Waals surface area contributed by atoms with Gasteiger partial charge in [0.15, 0.2) is 0 Å². The van der Waals surface area contributed by atoms with E-state index < -0.39 is 0 Å². The number of nitrogens with one attached hydrogen (secondary N) is 1. The van der Waals surface area contributed by atoms with Crippen molar-refractivity contribution < 1.29 is 4.79 Å². The molecule has 0 aliphatic heterocycles. The van der Waals surface area contributed by atoms with Crippen LogP contribution in [0.3, 0.4) is 0 Å². The second kappa shape index (κ2) is 4.64. The molecule has 5 heteroatoms. The second-order valence-corrected chi connectivity index (χ2v) is 3.63. The molecule has 0 saturated carbocycles. The Balaban J connectivity index is 3.11. The van der Waals surface area contributed by atoms with Crippen LogP contribution in [0.2, 0.25) is 10.0 Å². The first-order valence-electron chi connectivity index (χ1n) is 4.00. The van der Waals surface area contributed by atoms with Crippen LogP contribution in [0.25, 0.3) is 0 Å². The summed E-state index contributed by atoms with van der Waals surface area (Å²) < 4.78 is 0. The molecule has 1 aromatic carbocycles. The maximum Gasteiger partial charge on any atom is 0.221 e. The lowest BCUT2D eigenvalue weighted by Crippen LogP contribution is -2.07. The molecule has 3 nitrogen and oxygen atoms in total. The van der Waals surface area contributed by atoms with Crippen LogP contribution in [0.4, 0.5) is 5.69 Å². The molecule has 1 rings (SSSR count). The van der Waals surface area contributed by atoms with Gasteiger partial charge in [0.2, 0.25) is 5.91 Å². The summed E-state index contributed by atoms with van der Waals surface area (Å²) >= 11 is 11.8. The van der Waals surface area contributed by atoms with Gasteiger partial charge < -0.3 is 11.1 Å². The van der Waals surface area contributed by atoms with Crippen molar-refractivity contribution in [2.45, 2.75) is 13.5 Å². The zero-order chi connectivity index (χ0) is 10.7. The average molecular weight is 233 g/mol. The van der Waals surface area contributed by atoms with E-state index in [-0.39, 0.29) is 5.91 Å². The van der Waals surface area contributed by atoms with Crippen LogP contribution in [0.1, 0.15) is 12.5 Å². The van der Waals surface area contributed by atoms with Gasteiger partial charge in [-0.05, 0) is 17.7 Å². The monoisotopic (exact) mass is 232 g/mol. The summed E-state index contributed by atoms with van der Waals surface area (Å²) in [7, 11) is 0. The molecule has 1 amide bonds. The molecule has 3 N–H and O–H groups in total. The van der Waals surface area contributed by atoms with Crippen LogP contribution in [-0.4, -0.2) is 5.91 Å². The quantitative estimate of drug-likeness (QED) is 0.823. The lowest BCUT2D eigenvalue weighted by molar-refractivity contribution is -0.114. The summed E-state index contributed by atoms with van der Waals surface area (Å²) in [6.07, 6.45) is 0. The molecule has 0 bridgehead atoms. The number of amides is 1. The van der Waals surface area contributed by atoms with Crippen molar-refractivity contribution in [2.75, 3.05) is 5.32 Å². The van der Waals surface area contributed by atoms with E-state index in [1.807, 2.05) is 0 Å². The third-order valence-electron chi connectivity index (χ3n) is 1.64. The number of hydrogen-bond donors (Lipinski definition) is 2. The van der Waals surface area contributed by atoms with E-state index in [1.54, 1.807) is 12.1 Å². The standard InChI is InChI=1S/C9H10Cl2N2O/c1-5(14)13-9-7(10)2-6(4-12)3-8(9)11/h2-3H,4,12H2,1H3,(H,13,14). The van der Waals surface area contributed by atoms with Crippen LogP contribution in [-0.2, 0) is 11.3 Å². The van der Waals surface area contributed by atoms with Gasteiger partial charge in [0, 0.05) is 13.5 Å². The van der Waals surface area contributed by atoms with Gasteiger partial charge >= 0.3 is 0 Å². The van der Waals surface area contributed by atoms with Crippen molar-refractivity contribution in [1.82, 2.24) is 0 Å². The second-order valence-electron chi connectivity index (χ2n) is 2.82. The van der Waals surface area contributed by atoms with Crippen molar-refractivity contribution in [3.05, 3.63) is 27.7 Å². The summed E-state index contributed by atoms with van der Waals surface area (Å²) in [5.41, 5.74) is 6.69. The lowest BCUT2D eigenvalue weighted by Gasteiger charge is -2.09. The number of rotatable bonds is 2. The van der Waals surface area contributed by atoms with Gasteiger partial charge in [-0.1, -0.05) is 23.2 Å². The molecule has 0 aliphatic carbocycles. The van der Waals surface area contributed by atoms with Crippen LogP contribution < -0.4 is 11.1 Å². The molecular formula is C9H10Cl2N2O. The molecule has 1 aromatic rings. The number of anilines is 1. The average Bonchev–Trinajstić information content (AvgIpc) is 2.10. The van der Waals surface area contributed by atoms with Crippen LogP contribution >= 0.6 is 23.2 Å². The van der Waals surface area contributed by atoms with E-state index in [9.17, 15) is 4.79 Å². The molecule has 0 spiro atoms. The Labute approximate surface area is 92.2 Å². The molecule has 14 heavy (non-hydrogen) atoms. The number of halogens is 2. The van der Waals surface area contributed by atoms with Gasteiger partial charge in [0.1, 0.15) is 0 Å². The number of carbonyl (C=O) groups excluding carboxylic acids is 1. The molecular weight excluding hydrogens is 223 g/mol. The van der Waals surface area contributed by atoms with E-state index in [2.05, 4.69) is 5.32 Å². The summed E-state index contributed by atoms with van der Waals surface area (Å²) in [4.78, 5) is 10.8. The van der Waals surface area contributed by atoms with Crippen molar-refractivity contribution in [3.63, 3.8) is 0 Å². The van der Waals surface area contributed by atoms with E-state index >= 15 is 0 Å². The van der Waals surface area contributed by atoms with E-state index in [1.165, 1.54) is 6.92 Å². The minimum absolute atomic E-state index is 0.214. The molecule has 0 unspecified atom stereocenters. The van der Waals surface area contributed by atoms with Crippen LogP contribution in [0.5, 0.6) is 0 Å². The molecule has 76 valence electrons. The zero-order valence-electron chi connectivity index (χ0n) is 7.60. The highest BCUT2D eigenvalue weighted by Gasteiger charge is 2.08. The Kier molecular flexibility index (Phi) is 3.75. The van der Waals surface area contributed by atoms with Gasteiger partial charge in [0.05, 0.1) is 15.7 Å². The highest BCUT2D eigenvalue weighted by atomic mass is 35.5. The molecule has 0 aromatic heterocycles. The fraction of sp³-hybridized carbons (Fsp3) is 0.222. The van der Waals surface area contributed by atoms with Crippen LogP contribution in [0.15, 0.2) is 12.1 Å². The molecule has 0 heterocycles. The molecule has 0 fully saturated rings. The highest BCUT2D eigenvalue weighted by Crippen LogP contribution is 2.31. The minimum Gasteiger partial charge on any atom is -0.326 e. The Bertz CT molecular complexity index is 343. The number of benzene rings is 1. The normalized spacial score (nSPS) is 10.0. The minimum atomic E-state index is -0.214. The summed E-state index contributed by atoms with van der Waals surface area (Å²) in [5, 5.41) is 3.34. The van der Waals surface area contributed by atoms with Gasteiger partial charge in [-0.2, -0.15) is 0 Å². The van der Waals surface area contributed by atoms with Gasteiger partial charge in [-0.25, -0.2) is 0 Å². The Morgan fingerprint density at radius 1 is 1.43 bits per heavy atom. The first-order chi connectivity index (χ1) is 6.54. The fourth-order valence-electron chi connectivity index (χ4n) is 1.04. The summed E-state index contributed by atoms with van der Waals surface area (Å²) in [6, 6.07) is 3.36. The molecule has 0 saturated heterocycles. The summed E-state index contributed by atoms with van der Waals surface area (Å²) in [6.45, 7) is 1.75. The van der Waals surface area contributed by atoms with Gasteiger partial charge in [-0.15, -0.1) is 0 Å². The maximum atomic E-state index is 10.8. The van der Waals surface area contributed by atoms with Gasteiger partial charge in [-0.3, -0.25) is 4.79 Å². The number of nitrogens with two attached hydrogens (primary N) is 1. The fourth-order valence-corrected chi connectivity index (χ4v) is 1.67. The molecule has 0 atom stereocenters. The van der Waals surface area contributed by atoms with Crippen molar-refractivity contribution >= 4 is 34.8 Å². The molecule has 0 radical (unpaired) electrons. The van der Waals surface area contributed by atoms with Crippen molar-refractivity contribution in [3.8, 4) is 0 Å². The topological polar surface area (TPSA) is 55.1 Å². The first kappa shape index (κ1) is 11.3. The smallest absolute Gasteiger partial charge is 0.221 e. The van der Waals surface area contributed by atoms with Crippen LogP contribution in [0, 0.1) is 0 Å². The summed E-state index contributed by atoms with van der Waals surface area (Å²) in [5.74, 6) is -0.214. The Hall–Kier alpha value is -0.770. The van der Waals surface area contributed by atoms with Crippen molar-refractivity contribution in [1.29, 1.82) is 0 Å². The highest BCUT2D eigenvalue weighted by molar-refractivity contribution is 6.39. The maximum absolute atomic E-state index is 10.8. The first-order valence-corrected chi connectivity index (χ1v) is 4.75. The zero-order valence-corrected chi connectivity index (χ0v) is 9.12. The van der Waals surface area contributed by atoms with E-state index in [0.29, 0.717) is 22.3 Å². The lowest BCUT2D eigenvalue weighted by atomic mass is 10.2. The Morgan fingerprint density at radius 3 is 2.29 bits per heavy atom. The van der Waals surface area contributed by atoms with E-state index in [4.69, 9.17) is 28.9 Å². The predicted molar refractivity (Wildman–Crippen MR) is 58.7 cm³/mol. The largest absolute Gasteiger partial charge is 0.326 e. The SMILES string of the molecule is CC(=O)Nc1c(Cl)cc(CN)cc1Cl. The Morgan fingerprint density at radius 2 is 1.93 bits per heavy atom. The van der Waals surface area contributed by atoms with Crippen molar-refractivity contribution in [2.24, 2.45) is 5.73 Å².